The normalized spacial score (nSPS) is 8.93. The predicted octanol–water partition coefficient (Wildman–Crippen LogP) is 1.25. The van der Waals surface area contributed by atoms with Crippen LogP contribution in [0.4, 0.5) is 0 Å². The summed E-state index contributed by atoms with van der Waals surface area (Å²) < 4.78 is 4.67. The fourth-order valence-corrected chi connectivity index (χ4v) is 1.02. The Morgan fingerprint density at radius 3 is 2.64 bits per heavy atom. The van der Waals surface area contributed by atoms with Gasteiger partial charge in [-0.05, 0) is 12.1 Å². The van der Waals surface area contributed by atoms with Crippen molar-refractivity contribution in [2.24, 2.45) is 0 Å². The van der Waals surface area contributed by atoms with Crippen molar-refractivity contribution in [3.8, 4) is 12.0 Å². The minimum Gasteiger partial charge on any atom is -0.387 e. The summed E-state index contributed by atoms with van der Waals surface area (Å²) in [6, 6.07) is 6.63. The number of ether oxygens (including phenoxy) is 1. The summed E-state index contributed by atoms with van der Waals surface area (Å²) in [4.78, 5) is 13.0. The maximum atomic E-state index is 11.6. The van der Waals surface area contributed by atoms with Crippen molar-refractivity contribution in [2.75, 3.05) is 14.1 Å². The van der Waals surface area contributed by atoms with Crippen LogP contribution in [0.3, 0.4) is 0 Å². The number of rotatable bonds is 2. The SMILES string of the molecule is CN(C)C(=O)c1ccccc1OC#N. The van der Waals surface area contributed by atoms with E-state index in [1.807, 2.05) is 0 Å². The average Bonchev–Trinajstić information content (AvgIpc) is 2.18. The van der Waals surface area contributed by atoms with Crippen LogP contribution in [0, 0.1) is 11.5 Å². The molecule has 0 aromatic heterocycles. The molecular formula is C10H10N2O2. The molecule has 0 bridgehead atoms. The van der Waals surface area contributed by atoms with Gasteiger partial charge in [0.05, 0.1) is 5.56 Å². The van der Waals surface area contributed by atoms with E-state index in [4.69, 9.17) is 5.26 Å². The van der Waals surface area contributed by atoms with Gasteiger partial charge in [0.15, 0.2) is 5.75 Å². The molecule has 0 saturated carbocycles. The van der Waals surface area contributed by atoms with Gasteiger partial charge < -0.3 is 9.64 Å². The molecule has 1 rings (SSSR count). The molecule has 0 aliphatic heterocycles. The van der Waals surface area contributed by atoms with E-state index < -0.39 is 0 Å². The molecule has 0 spiro atoms. The van der Waals surface area contributed by atoms with Gasteiger partial charge in [-0.1, -0.05) is 12.1 Å². The first-order valence-corrected chi connectivity index (χ1v) is 4.03. The Morgan fingerprint density at radius 1 is 1.43 bits per heavy atom. The van der Waals surface area contributed by atoms with Crippen LogP contribution in [0.2, 0.25) is 0 Å². The summed E-state index contributed by atoms with van der Waals surface area (Å²) in [5, 5.41) is 8.37. The zero-order chi connectivity index (χ0) is 10.6. The van der Waals surface area contributed by atoms with Gasteiger partial charge in [0.2, 0.25) is 0 Å². The summed E-state index contributed by atoms with van der Waals surface area (Å²) in [7, 11) is 3.29. The molecule has 0 aliphatic carbocycles. The Morgan fingerprint density at radius 2 is 2.07 bits per heavy atom. The van der Waals surface area contributed by atoms with Crippen molar-refractivity contribution in [3.05, 3.63) is 29.8 Å². The van der Waals surface area contributed by atoms with Gasteiger partial charge >= 0.3 is 0 Å². The molecule has 0 unspecified atom stereocenters. The van der Waals surface area contributed by atoms with Crippen molar-refractivity contribution in [1.29, 1.82) is 5.26 Å². The molecule has 4 heteroatoms. The third kappa shape index (κ3) is 2.02. The number of carbonyl (C=O) groups excluding carboxylic acids is 1. The van der Waals surface area contributed by atoms with Gasteiger partial charge in [-0.25, -0.2) is 0 Å². The van der Waals surface area contributed by atoms with Gasteiger partial charge in [0.25, 0.3) is 12.2 Å². The Balaban J connectivity index is 3.08. The van der Waals surface area contributed by atoms with Gasteiger partial charge in [-0.2, -0.15) is 0 Å². The standard InChI is InChI=1S/C10H10N2O2/c1-12(2)10(13)8-5-3-4-6-9(8)14-7-11/h3-6H,1-2H3. The molecule has 0 atom stereocenters. The van der Waals surface area contributed by atoms with E-state index in [1.54, 1.807) is 44.6 Å². The molecule has 0 aliphatic rings. The van der Waals surface area contributed by atoms with Crippen molar-refractivity contribution < 1.29 is 9.53 Å². The Kier molecular flexibility index (Phi) is 3.08. The van der Waals surface area contributed by atoms with Gasteiger partial charge in [0, 0.05) is 14.1 Å². The first kappa shape index (κ1) is 10.1. The number of amides is 1. The fraction of sp³-hybridized carbons (Fsp3) is 0.200. The molecular weight excluding hydrogens is 180 g/mol. The number of nitriles is 1. The number of nitrogens with zero attached hydrogens (tertiary/aromatic N) is 2. The Hall–Kier alpha value is -2.02. The zero-order valence-corrected chi connectivity index (χ0v) is 8.02. The second-order valence-electron chi connectivity index (χ2n) is 2.89. The van der Waals surface area contributed by atoms with Crippen molar-refractivity contribution in [1.82, 2.24) is 4.90 Å². The number of hydrogen-bond donors (Lipinski definition) is 0. The zero-order valence-electron chi connectivity index (χ0n) is 8.02. The maximum Gasteiger partial charge on any atom is 0.292 e. The van der Waals surface area contributed by atoms with Crippen LogP contribution >= 0.6 is 0 Å². The highest BCUT2D eigenvalue weighted by Crippen LogP contribution is 2.18. The van der Waals surface area contributed by atoms with Crippen LogP contribution in [0.15, 0.2) is 24.3 Å². The van der Waals surface area contributed by atoms with E-state index in [2.05, 4.69) is 4.74 Å². The van der Waals surface area contributed by atoms with Gasteiger partial charge in [-0.15, -0.1) is 5.26 Å². The summed E-state index contributed by atoms with van der Waals surface area (Å²) in [5.41, 5.74) is 0.388. The van der Waals surface area contributed by atoms with Crippen LogP contribution in [0.5, 0.6) is 5.75 Å². The highest BCUT2D eigenvalue weighted by molar-refractivity contribution is 5.96. The first-order chi connectivity index (χ1) is 6.66. The maximum absolute atomic E-state index is 11.6. The van der Waals surface area contributed by atoms with Crippen LogP contribution < -0.4 is 4.74 Å². The topological polar surface area (TPSA) is 53.3 Å². The number of carbonyl (C=O) groups is 1. The molecule has 4 nitrogen and oxygen atoms in total. The summed E-state index contributed by atoms with van der Waals surface area (Å²) in [5.74, 6) is 0.101. The molecule has 0 radical (unpaired) electrons. The highest BCUT2D eigenvalue weighted by atomic mass is 16.5. The third-order valence-corrected chi connectivity index (χ3v) is 1.68. The smallest absolute Gasteiger partial charge is 0.292 e. The monoisotopic (exact) mass is 190 g/mol. The molecule has 0 fully saturated rings. The van der Waals surface area contributed by atoms with Crippen molar-refractivity contribution >= 4 is 5.91 Å². The van der Waals surface area contributed by atoms with E-state index in [1.165, 1.54) is 4.90 Å². The summed E-state index contributed by atoms with van der Waals surface area (Å²) >= 11 is 0. The minimum absolute atomic E-state index is 0.184. The van der Waals surface area contributed by atoms with Crippen molar-refractivity contribution in [3.63, 3.8) is 0 Å². The molecule has 72 valence electrons. The van der Waals surface area contributed by atoms with E-state index in [0.29, 0.717) is 5.56 Å². The molecule has 1 amide bonds. The molecule has 1 aromatic carbocycles. The van der Waals surface area contributed by atoms with Crippen molar-refractivity contribution in [2.45, 2.75) is 0 Å². The molecule has 0 N–H and O–H groups in total. The quantitative estimate of drug-likeness (QED) is 0.659. The fourth-order valence-electron chi connectivity index (χ4n) is 1.02. The number of benzene rings is 1. The predicted molar refractivity (Wildman–Crippen MR) is 50.7 cm³/mol. The second kappa shape index (κ2) is 4.28. The highest BCUT2D eigenvalue weighted by Gasteiger charge is 2.13. The van der Waals surface area contributed by atoms with E-state index in [-0.39, 0.29) is 11.7 Å². The molecule has 0 heterocycles. The van der Waals surface area contributed by atoms with E-state index >= 15 is 0 Å². The summed E-state index contributed by atoms with van der Waals surface area (Å²) in [6.07, 6.45) is 1.55. The lowest BCUT2D eigenvalue weighted by Crippen LogP contribution is -2.22. The third-order valence-electron chi connectivity index (χ3n) is 1.68. The van der Waals surface area contributed by atoms with Crippen LogP contribution in [0.25, 0.3) is 0 Å². The summed E-state index contributed by atoms with van der Waals surface area (Å²) in [6.45, 7) is 0. The lowest BCUT2D eigenvalue weighted by Gasteiger charge is -2.11. The Labute approximate surface area is 82.3 Å². The number of para-hydroxylation sites is 1. The largest absolute Gasteiger partial charge is 0.387 e. The number of hydrogen-bond acceptors (Lipinski definition) is 3. The lowest BCUT2D eigenvalue weighted by molar-refractivity contribution is 0.0825. The van der Waals surface area contributed by atoms with Crippen LogP contribution in [0.1, 0.15) is 10.4 Å². The average molecular weight is 190 g/mol. The van der Waals surface area contributed by atoms with Gasteiger partial charge in [0.1, 0.15) is 0 Å². The Bertz CT molecular complexity index is 380. The second-order valence-corrected chi connectivity index (χ2v) is 2.89. The lowest BCUT2D eigenvalue weighted by atomic mass is 10.2. The minimum atomic E-state index is -0.184. The van der Waals surface area contributed by atoms with E-state index in [0.717, 1.165) is 0 Å². The van der Waals surface area contributed by atoms with Gasteiger partial charge in [-0.3, -0.25) is 4.79 Å². The molecule has 14 heavy (non-hydrogen) atoms. The first-order valence-electron chi connectivity index (χ1n) is 4.03. The van der Waals surface area contributed by atoms with Crippen LogP contribution in [-0.2, 0) is 0 Å². The molecule has 0 saturated heterocycles. The van der Waals surface area contributed by atoms with E-state index in [9.17, 15) is 4.79 Å². The molecule has 1 aromatic rings. The van der Waals surface area contributed by atoms with Crippen LogP contribution in [-0.4, -0.2) is 24.9 Å².